The van der Waals surface area contributed by atoms with E-state index < -0.39 is 27.8 Å². The lowest BCUT2D eigenvalue weighted by Crippen LogP contribution is -2.45. The second kappa shape index (κ2) is 8.95. The van der Waals surface area contributed by atoms with Crippen molar-refractivity contribution in [1.82, 2.24) is 4.72 Å². The molecular formula is C19H16BrFN2O3S2. The summed E-state index contributed by atoms with van der Waals surface area (Å²) < 4.78 is 41.7. The van der Waals surface area contributed by atoms with Gasteiger partial charge in [-0.05, 0) is 64.3 Å². The summed E-state index contributed by atoms with van der Waals surface area (Å²) in [5.74, 6) is -0.961. The summed E-state index contributed by atoms with van der Waals surface area (Å²) in [7, 11) is -3.89. The summed E-state index contributed by atoms with van der Waals surface area (Å²) in [4.78, 5) is 12.8. The van der Waals surface area contributed by atoms with Crippen molar-refractivity contribution in [2.45, 2.75) is 16.7 Å². The van der Waals surface area contributed by atoms with E-state index >= 15 is 0 Å². The van der Waals surface area contributed by atoms with Crippen molar-refractivity contribution in [2.24, 2.45) is 0 Å². The highest BCUT2D eigenvalue weighted by Gasteiger charge is 2.27. The molecule has 0 unspecified atom stereocenters. The van der Waals surface area contributed by atoms with E-state index in [1.54, 1.807) is 6.07 Å². The van der Waals surface area contributed by atoms with Crippen molar-refractivity contribution in [3.05, 3.63) is 81.9 Å². The van der Waals surface area contributed by atoms with Gasteiger partial charge < -0.3 is 5.32 Å². The van der Waals surface area contributed by atoms with E-state index in [0.717, 1.165) is 16.9 Å². The van der Waals surface area contributed by atoms with Crippen LogP contribution in [0.3, 0.4) is 0 Å². The van der Waals surface area contributed by atoms with Gasteiger partial charge in [0, 0.05) is 5.69 Å². The molecule has 0 radical (unpaired) electrons. The van der Waals surface area contributed by atoms with Gasteiger partial charge >= 0.3 is 0 Å². The Balaban J connectivity index is 1.83. The number of halogens is 2. The fraction of sp³-hybridized carbons (Fsp3) is 0.105. The van der Waals surface area contributed by atoms with E-state index in [0.29, 0.717) is 9.47 Å². The number of anilines is 1. The molecule has 28 heavy (non-hydrogen) atoms. The molecule has 0 saturated heterocycles. The van der Waals surface area contributed by atoms with Crippen LogP contribution in [-0.4, -0.2) is 20.4 Å². The van der Waals surface area contributed by atoms with Crippen molar-refractivity contribution in [3.63, 3.8) is 0 Å². The van der Waals surface area contributed by atoms with Gasteiger partial charge in [-0.25, -0.2) is 12.8 Å². The number of thiophene rings is 1. The molecule has 0 fully saturated rings. The molecule has 146 valence electrons. The van der Waals surface area contributed by atoms with Gasteiger partial charge in [0.05, 0.1) is 3.79 Å². The molecule has 1 amide bonds. The monoisotopic (exact) mass is 482 g/mol. The van der Waals surface area contributed by atoms with Gasteiger partial charge in [0.25, 0.3) is 10.0 Å². The fourth-order valence-electron chi connectivity index (χ4n) is 2.49. The van der Waals surface area contributed by atoms with E-state index in [9.17, 15) is 17.6 Å². The highest BCUT2D eigenvalue weighted by Crippen LogP contribution is 2.26. The van der Waals surface area contributed by atoms with Gasteiger partial charge in [-0.2, -0.15) is 4.72 Å². The molecule has 1 atom stereocenters. The van der Waals surface area contributed by atoms with Crippen LogP contribution in [0.4, 0.5) is 10.1 Å². The van der Waals surface area contributed by atoms with Crippen LogP contribution in [0.25, 0.3) is 0 Å². The van der Waals surface area contributed by atoms with Crippen LogP contribution in [0, 0.1) is 5.82 Å². The van der Waals surface area contributed by atoms with Crippen LogP contribution in [0.1, 0.15) is 5.56 Å². The van der Waals surface area contributed by atoms with Crippen molar-refractivity contribution < 1.29 is 17.6 Å². The SMILES string of the molecule is O=C(Nc1ccc(F)cc1)[C@@H](Cc1ccccc1)NS(=O)(=O)c1ccc(Br)s1. The molecule has 9 heteroatoms. The van der Waals surface area contributed by atoms with Crippen molar-refractivity contribution in [3.8, 4) is 0 Å². The Hall–Kier alpha value is -2.07. The van der Waals surface area contributed by atoms with Gasteiger partial charge in [-0.1, -0.05) is 30.3 Å². The average Bonchev–Trinajstić information content (AvgIpc) is 3.11. The topological polar surface area (TPSA) is 75.3 Å². The van der Waals surface area contributed by atoms with Crippen molar-refractivity contribution in [1.29, 1.82) is 0 Å². The molecule has 0 aliphatic rings. The maximum atomic E-state index is 13.1. The number of carbonyl (C=O) groups is 1. The minimum absolute atomic E-state index is 0.104. The molecule has 5 nitrogen and oxygen atoms in total. The Labute approximate surface area is 174 Å². The number of benzene rings is 2. The first-order chi connectivity index (χ1) is 13.3. The highest BCUT2D eigenvalue weighted by molar-refractivity contribution is 9.11. The van der Waals surface area contributed by atoms with Crippen LogP contribution in [-0.2, 0) is 21.2 Å². The van der Waals surface area contributed by atoms with Gasteiger partial charge in [0.1, 0.15) is 16.1 Å². The van der Waals surface area contributed by atoms with Gasteiger partial charge in [-0.15, -0.1) is 11.3 Å². The Kier molecular flexibility index (Phi) is 6.61. The molecule has 0 bridgehead atoms. The molecule has 3 rings (SSSR count). The Morgan fingerprint density at radius 3 is 2.32 bits per heavy atom. The lowest BCUT2D eigenvalue weighted by molar-refractivity contribution is -0.117. The molecule has 2 aromatic carbocycles. The number of rotatable bonds is 7. The number of hydrogen-bond acceptors (Lipinski definition) is 4. The molecule has 1 aromatic heterocycles. The number of sulfonamides is 1. The lowest BCUT2D eigenvalue weighted by Gasteiger charge is -2.18. The smallest absolute Gasteiger partial charge is 0.250 e. The summed E-state index contributed by atoms with van der Waals surface area (Å²) in [6.07, 6.45) is 0.166. The van der Waals surface area contributed by atoms with Crippen LogP contribution in [0.5, 0.6) is 0 Å². The van der Waals surface area contributed by atoms with Crippen LogP contribution in [0.2, 0.25) is 0 Å². The molecular weight excluding hydrogens is 467 g/mol. The van der Waals surface area contributed by atoms with Crippen LogP contribution < -0.4 is 10.0 Å². The third kappa shape index (κ3) is 5.48. The third-order valence-electron chi connectivity index (χ3n) is 3.82. The Bertz CT molecular complexity index is 1050. The third-order valence-corrected chi connectivity index (χ3v) is 7.41. The van der Waals surface area contributed by atoms with E-state index in [2.05, 4.69) is 26.0 Å². The predicted octanol–water partition coefficient (Wildman–Crippen LogP) is 4.18. The first-order valence-corrected chi connectivity index (χ1v) is 11.3. The van der Waals surface area contributed by atoms with Crippen molar-refractivity contribution in [2.75, 3.05) is 5.32 Å². The summed E-state index contributed by atoms with van der Waals surface area (Å²) >= 11 is 4.29. The maximum absolute atomic E-state index is 13.1. The fourth-order valence-corrected chi connectivity index (χ4v) is 5.71. The number of nitrogens with one attached hydrogen (secondary N) is 2. The second-order valence-electron chi connectivity index (χ2n) is 5.92. The highest BCUT2D eigenvalue weighted by atomic mass is 79.9. The number of amides is 1. The zero-order chi connectivity index (χ0) is 20.1. The van der Waals surface area contributed by atoms with E-state index in [4.69, 9.17) is 0 Å². The van der Waals surface area contributed by atoms with Gasteiger partial charge in [-0.3, -0.25) is 4.79 Å². The summed E-state index contributed by atoms with van der Waals surface area (Å²) in [5.41, 5.74) is 1.18. The molecule has 0 aliphatic carbocycles. The number of carbonyl (C=O) groups excluding carboxylic acids is 1. The number of hydrogen-bond donors (Lipinski definition) is 2. The van der Waals surface area contributed by atoms with E-state index in [1.807, 2.05) is 30.3 Å². The van der Waals surface area contributed by atoms with Gasteiger partial charge in [0.2, 0.25) is 5.91 Å². The van der Waals surface area contributed by atoms with E-state index in [-0.39, 0.29) is 10.6 Å². The summed E-state index contributed by atoms with van der Waals surface area (Å²) in [6.45, 7) is 0. The average molecular weight is 483 g/mol. The minimum atomic E-state index is -3.89. The molecule has 2 N–H and O–H groups in total. The van der Waals surface area contributed by atoms with Crippen LogP contribution in [0.15, 0.2) is 74.7 Å². The Morgan fingerprint density at radius 1 is 1.04 bits per heavy atom. The lowest BCUT2D eigenvalue weighted by atomic mass is 10.1. The molecule has 3 aromatic rings. The zero-order valence-electron chi connectivity index (χ0n) is 14.4. The van der Waals surface area contributed by atoms with Crippen molar-refractivity contribution >= 4 is 48.9 Å². The Morgan fingerprint density at radius 2 is 1.71 bits per heavy atom. The summed E-state index contributed by atoms with van der Waals surface area (Å²) in [6, 6.07) is 16.4. The second-order valence-corrected chi connectivity index (χ2v) is 10.3. The first-order valence-electron chi connectivity index (χ1n) is 8.21. The predicted molar refractivity (Wildman–Crippen MR) is 111 cm³/mol. The van der Waals surface area contributed by atoms with Gasteiger partial charge in [0.15, 0.2) is 0 Å². The minimum Gasteiger partial charge on any atom is -0.325 e. The maximum Gasteiger partial charge on any atom is 0.250 e. The van der Waals surface area contributed by atoms with Crippen LogP contribution >= 0.6 is 27.3 Å². The zero-order valence-corrected chi connectivity index (χ0v) is 17.7. The first kappa shape index (κ1) is 20.7. The quantitative estimate of drug-likeness (QED) is 0.530. The standard InChI is InChI=1S/C19H16BrFN2O3S2/c20-17-10-11-18(27-17)28(25,26)23-16(12-13-4-2-1-3-5-13)19(24)22-15-8-6-14(21)7-9-15/h1-11,16,23H,12H2,(H,22,24)/t16-/m1/s1. The molecule has 0 saturated carbocycles. The molecule has 0 spiro atoms. The van der Waals surface area contributed by atoms with E-state index in [1.165, 1.54) is 30.3 Å². The largest absolute Gasteiger partial charge is 0.325 e. The molecule has 0 aliphatic heterocycles. The normalized spacial score (nSPS) is 12.5. The summed E-state index contributed by atoms with van der Waals surface area (Å²) in [5, 5.41) is 2.63. The molecule has 1 heterocycles.